The number of nitrogens with one attached hydrogen (secondary N) is 3. The number of aryl methyl sites for hydroxylation is 1. The summed E-state index contributed by atoms with van der Waals surface area (Å²) in [6.07, 6.45) is 3.05. The van der Waals surface area contributed by atoms with Gasteiger partial charge < -0.3 is 15.6 Å². The molecule has 0 aliphatic rings. The summed E-state index contributed by atoms with van der Waals surface area (Å²) in [7, 11) is 1.80. The van der Waals surface area contributed by atoms with Crippen LogP contribution < -0.4 is 10.6 Å². The van der Waals surface area contributed by atoms with Gasteiger partial charge >= 0.3 is 0 Å². The molecule has 0 atom stereocenters. The van der Waals surface area contributed by atoms with E-state index in [1.807, 2.05) is 0 Å². The van der Waals surface area contributed by atoms with Crippen LogP contribution in [0.5, 0.6) is 0 Å². The second-order valence-corrected chi connectivity index (χ2v) is 7.73. The molecule has 3 aromatic rings. The first-order chi connectivity index (χ1) is 12.6. The van der Waals surface area contributed by atoms with E-state index in [-0.39, 0.29) is 24.0 Å². The van der Waals surface area contributed by atoms with Crippen molar-refractivity contribution >= 4 is 52.2 Å². The first kappa shape index (κ1) is 21.7. The molecule has 0 fully saturated rings. The number of fused-ring (bicyclic) bond motifs is 1. The average molecular weight is 497 g/mol. The van der Waals surface area contributed by atoms with E-state index < -0.39 is 0 Å². The molecule has 0 radical (unpaired) electrons. The van der Waals surface area contributed by atoms with Crippen molar-refractivity contribution < 1.29 is 0 Å². The van der Waals surface area contributed by atoms with E-state index in [1.54, 1.807) is 18.4 Å². The Hall–Kier alpha value is -1.61. The van der Waals surface area contributed by atoms with Gasteiger partial charge in [-0.25, -0.2) is 4.98 Å². The Morgan fingerprint density at radius 1 is 1.30 bits per heavy atom. The number of aromatic amines is 1. The van der Waals surface area contributed by atoms with Gasteiger partial charge in [0.2, 0.25) is 0 Å². The van der Waals surface area contributed by atoms with Crippen molar-refractivity contribution in [2.45, 2.75) is 39.7 Å². The minimum atomic E-state index is 0. The number of rotatable bonds is 6. The third-order valence-electron chi connectivity index (χ3n) is 4.40. The van der Waals surface area contributed by atoms with Gasteiger partial charge in [0.15, 0.2) is 5.96 Å². The van der Waals surface area contributed by atoms with E-state index in [0.717, 1.165) is 29.6 Å². The highest BCUT2D eigenvalue weighted by atomic mass is 127. The van der Waals surface area contributed by atoms with Crippen LogP contribution in [0.3, 0.4) is 0 Å². The molecule has 0 saturated heterocycles. The number of halogens is 1. The molecule has 0 saturated carbocycles. The van der Waals surface area contributed by atoms with Crippen LogP contribution in [-0.4, -0.2) is 29.5 Å². The summed E-state index contributed by atoms with van der Waals surface area (Å²) in [5.41, 5.74) is 4.96. The van der Waals surface area contributed by atoms with Gasteiger partial charge in [-0.15, -0.1) is 35.3 Å². The molecular weight excluding hydrogens is 469 g/mol. The molecule has 2 aromatic heterocycles. The summed E-state index contributed by atoms with van der Waals surface area (Å²) in [6, 6.07) is 6.54. The molecule has 2 heterocycles. The van der Waals surface area contributed by atoms with Gasteiger partial charge in [-0.05, 0) is 36.5 Å². The smallest absolute Gasteiger partial charge is 0.191 e. The highest BCUT2D eigenvalue weighted by Gasteiger charge is 2.07. The van der Waals surface area contributed by atoms with E-state index in [4.69, 9.17) is 0 Å². The Balaban J connectivity index is 0.00000261. The molecule has 146 valence electrons. The number of aliphatic imine (C=N–C) groups is 1. The SMILES string of the molecule is CN=C(NCCc1c[nH]c2cc(C)ccc12)NCc1nc(C(C)C)cs1.I. The van der Waals surface area contributed by atoms with Crippen LogP contribution in [0.15, 0.2) is 34.8 Å². The highest BCUT2D eigenvalue weighted by molar-refractivity contribution is 14.0. The Morgan fingerprint density at radius 3 is 2.81 bits per heavy atom. The number of nitrogens with zero attached hydrogens (tertiary/aromatic N) is 2. The van der Waals surface area contributed by atoms with Crippen LogP contribution in [0.4, 0.5) is 0 Å². The first-order valence-corrected chi connectivity index (χ1v) is 9.90. The molecule has 7 heteroatoms. The zero-order chi connectivity index (χ0) is 18.5. The Kier molecular flexibility index (Phi) is 8.09. The molecule has 0 amide bonds. The summed E-state index contributed by atoms with van der Waals surface area (Å²) in [5.74, 6) is 1.28. The fourth-order valence-corrected chi connectivity index (χ4v) is 3.77. The van der Waals surface area contributed by atoms with E-state index >= 15 is 0 Å². The maximum absolute atomic E-state index is 4.65. The molecule has 27 heavy (non-hydrogen) atoms. The lowest BCUT2D eigenvalue weighted by molar-refractivity contribution is 0.779. The number of hydrogen-bond donors (Lipinski definition) is 3. The number of H-pyrrole nitrogens is 1. The summed E-state index contributed by atoms with van der Waals surface area (Å²) in [6.45, 7) is 7.97. The number of thiazole rings is 1. The van der Waals surface area contributed by atoms with Crippen molar-refractivity contribution in [2.24, 2.45) is 4.99 Å². The van der Waals surface area contributed by atoms with Crippen LogP contribution in [0.1, 0.15) is 41.6 Å². The molecule has 3 N–H and O–H groups in total. The van der Waals surface area contributed by atoms with Gasteiger partial charge in [0.25, 0.3) is 0 Å². The van der Waals surface area contributed by atoms with Crippen molar-refractivity contribution in [3.8, 4) is 0 Å². The zero-order valence-corrected chi connectivity index (χ0v) is 19.4. The van der Waals surface area contributed by atoms with Crippen LogP contribution in [0, 0.1) is 6.92 Å². The Morgan fingerprint density at radius 2 is 2.11 bits per heavy atom. The third-order valence-corrected chi connectivity index (χ3v) is 5.27. The van der Waals surface area contributed by atoms with E-state index in [9.17, 15) is 0 Å². The topological polar surface area (TPSA) is 65.1 Å². The summed E-state index contributed by atoms with van der Waals surface area (Å²) < 4.78 is 0. The third kappa shape index (κ3) is 5.68. The van der Waals surface area contributed by atoms with E-state index in [1.165, 1.54) is 22.0 Å². The second-order valence-electron chi connectivity index (χ2n) is 6.79. The normalized spacial score (nSPS) is 11.7. The van der Waals surface area contributed by atoms with Crippen molar-refractivity contribution in [3.63, 3.8) is 0 Å². The molecular formula is C20H28IN5S. The fourth-order valence-electron chi connectivity index (χ4n) is 2.87. The fraction of sp³-hybridized carbons (Fsp3) is 0.400. The quantitative estimate of drug-likeness (QED) is 0.265. The van der Waals surface area contributed by atoms with Crippen molar-refractivity contribution in [1.82, 2.24) is 20.6 Å². The molecule has 0 aliphatic heterocycles. The van der Waals surface area contributed by atoms with Gasteiger partial charge in [-0.1, -0.05) is 26.0 Å². The lowest BCUT2D eigenvalue weighted by atomic mass is 10.1. The van der Waals surface area contributed by atoms with Gasteiger partial charge in [0, 0.05) is 36.1 Å². The van der Waals surface area contributed by atoms with Gasteiger partial charge in [-0.3, -0.25) is 4.99 Å². The lowest BCUT2D eigenvalue weighted by Crippen LogP contribution is -2.37. The standard InChI is InChI=1S/C20H27N5S.HI/c1-13(2)18-12-26-19(25-18)11-24-20(21-4)22-8-7-15-10-23-17-9-14(3)5-6-16(15)17;/h5-6,9-10,12-13,23H,7-8,11H2,1-4H3,(H2,21,22,24);1H. The highest BCUT2D eigenvalue weighted by Crippen LogP contribution is 2.20. The Bertz CT molecular complexity index is 897. The van der Waals surface area contributed by atoms with Crippen molar-refractivity contribution in [1.29, 1.82) is 0 Å². The number of benzene rings is 1. The van der Waals surface area contributed by atoms with Gasteiger partial charge in [0.1, 0.15) is 5.01 Å². The van der Waals surface area contributed by atoms with E-state index in [2.05, 4.69) is 76.1 Å². The molecule has 0 bridgehead atoms. The molecule has 0 unspecified atom stereocenters. The number of hydrogen-bond acceptors (Lipinski definition) is 3. The summed E-state index contributed by atoms with van der Waals surface area (Å²) >= 11 is 1.69. The Labute approximate surface area is 182 Å². The summed E-state index contributed by atoms with van der Waals surface area (Å²) in [4.78, 5) is 12.3. The van der Waals surface area contributed by atoms with Crippen molar-refractivity contribution in [3.05, 3.63) is 51.6 Å². The predicted octanol–water partition coefficient (Wildman–Crippen LogP) is 4.58. The number of guanidine groups is 1. The minimum absolute atomic E-state index is 0. The van der Waals surface area contributed by atoms with Gasteiger partial charge in [-0.2, -0.15) is 0 Å². The van der Waals surface area contributed by atoms with Crippen LogP contribution in [-0.2, 0) is 13.0 Å². The van der Waals surface area contributed by atoms with Gasteiger partial charge in [0.05, 0.1) is 12.2 Å². The maximum atomic E-state index is 4.65. The monoisotopic (exact) mass is 497 g/mol. The molecule has 5 nitrogen and oxygen atoms in total. The van der Waals surface area contributed by atoms with Crippen LogP contribution in [0.25, 0.3) is 10.9 Å². The largest absolute Gasteiger partial charge is 0.361 e. The summed E-state index contributed by atoms with van der Waals surface area (Å²) in [5, 5.41) is 11.2. The van der Waals surface area contributed by atoms with Crippen LogP contribution in [0.2, 0.25) is 0 Å². The average Bonchev–Trinajstić information content (AvgIpc) is 3.25. The molecule has 3 rings (SSSR count). The van der Waals surface area contributed by atoms with E-state index in [0.29, 0.717) is 12.5 Å². The molecule has 0 spiro atoms. The zero-order valence-electron chi connectivity index (χ0n) is 16.3. The maximum Gasteiger partial charge on any atom is 0.191 e. The second kappa shape index (κ2) is 10.1. The van der Waals surface area contributed by atoms with Crippen molar-refractivity contribution in [2.75, 3.05) is 13.6 Å². The predicted molar refractivity (Wildman–Crippen MR) is 127 cm³/mol. The van der Waals surface area contributed by atoms with Crippen LogP contribution >= 0.6 is 35.3 Å². The molecule has 0 aliphatic carbocycles. The number of aromatic nitrogens is 2. The minimum Gasteiger partial charge on any atom is -0.361 e. The first-order valence-electron chi connectivity index (χ1n) is 9.02. The molecule has 1 aromatic carbocycles. The lowest BCUT2D eigenvalue weighted by Gasteiger charge is -2.10.